The van der Waals surface area contributed by atoms with Gasteiger partial charge in [-0.1, -0.05) is 5.92 Å². The lowest BCUT2D eigenvalue weighted by Crippen LogP contribution is -2.38. The van der Waals surface area contributed by atoms with Crippen molar-refractivity contribution in [2.45, 2.75) is 13.3 Å². The number of nitrogens with zero attached hydrogens (tertiary/aromatic N) is 3. The minimum atomic E-state index is 0. The molecule has 1 aliphatic rings. The van der Waals surface area contributed by atoms with Crippen molar-refractivity contribution in [1.82, 2.24) is 20.4 Å². The normalized spacial score (nSPS) is 17.8. The smallest absolute Gasteiger partial charge is 0.192 e. The molecule has 1 heterocycles. The van der Waals surface area contributed by atoms with Crippen LogP contribution in [0.2, 0.25) is 0 Å². The average molecular weight is 393 g/mol. The molecule has 2 N–H and O–H groups in total. The van der Waals surface area contributed by atoms with E-state index < -0.39 is 0 Å². The molecule has 0 unspecified atom stereocenters. The van der Waals surface area contributed by atoms with Gasteiger partial charge in [0.1, 0.15) is 0 Å². The van der Waals surface area contributed by atoms with Crippen LogP contribution in [0.4, 0.5) is 0 Å². The van der Waals surface area contributed by atoms with E-state index in [2.05, 4.69) is 45.3 Å². The van der Waals surface area contributed by atoms with Crippen molar-refractivity contribution < 1.29 is 0 Å². The van der Waals surface area contributed by atoms with Gasteiger partial charge in [-0.05, 0) is 33.5 Å². The zero-order valence-electron chi connectivity index (χ0n) is 12.7. The molecule has 0 bridgehead atoms. The molecule has 1 rings (SSSR count). The summed E-state index contributed by atoms with van der Waals surface area (Å²) in [5.74, 6) is 3.37. The highest BCUT2D eigenvalue weighted by atomic mass is 127. The van der Waals surface area contributed by atoms with Crippen LogP contribution in [-0.4, -0.2) is 75.2 Å². The Hall–Kier alpha value is -0.520. The van der Waals surface area contributed by atoms with Crippen molar-refractivity contribution in [3.8, 4) is 12.3 Å². The Morgan fingerprint density at radius 1 is 1.25 bits per heavy atom. The Kier molecular flexibility index (Phi) is 11.9. The van der Waals surface area contributed by atoms with Crippen molar-refractivity contribution in [1.29, 1.82) is 0 Å². The van der Waals surface area contributed by atoms with E-state index in [-0.39, 0.29) is 24.0 Å². The predicted molar refractivity (Wildman–Crippen MR) is 96.8 cm³/mol. The zero-order valence-corrected chi connectivity index (χ0v) is 15.0. The molecule has 20 heavy (non-hydrogen) atoms. The van der Waals surface area contributed by atoms with Gasteiger partial charge in [-0.2, -0.15) is 0 Å². The second-order valence-corrected chi connectivity index (χ2v) is 4.82. The minimum absolute atomic E-state index is 0. The fourth-order valence-corrected chi connectivity index (χ4v) is 2.10. The summed E-state index contributed by atoms with van der Waals surface area (Å²) in [6.45, 7) is 9.91. The maximum atomic E-state index is 5.24. The van der Waals surface area contributed by atoms with Crippen LogP contribution in [0.15, 0.2) is 4.99 Å². The van der Waals surface area contributed by atoms with Crippen LogP contribution in [0, 0.1) is 12.3 Å². The van der Waals surface area contributed by atoms with Crippen molar-refractivity contribution >= 4 is 29.9 Å². The molecule has 5 nitrogen and oxygen atoms in total. The molecule has 0 radical (unpaired) electrons. The first-order valence-electron chi connectivity index (χ1n) is 7.12. The van der Waals surface area contributed by atoms with E-state index in [1.165, 1.54) is 19.5 Å². The number of nitrogens with one attached hydrogen (secondary N) is 2. The van der Waals surface area contributed by atoms with Gasteiger partial charge in [0, 0.05) is 26.2 Å². The summed E-state index contributed by atoms with van der Waals surface area (Å²) in [6, 6.07) is 0. The standard InChI is InChI=1S/C14H27N5.HI/c1-4-7-16-14(15-5-2)17-8-11-19-10-6-9-18(3)12-13-19;/h1H,5-13H2,2-3H3,(H2,15,16,17);1H. The number of rotatable bonds is 5. The minimum Gasteiger partial charge on any atom is -0.357 e. The number of hydrogen-bond donors (Lipinski definition) is 2. The monoisotopic (exact) mass is 393 g/mol. The van der Waals surface area contributed by atoms with E-state index >= 15 is 0 Å². The second-order valence-electron chi connectivity index (χ2n) is 4.82. The van der Waals surface area contributed by atoms with Crippen LogP contribution in [0.3, 0.4) is 0 Å². The SMILES string of the molecule is C#CCNC(=NCCN1CCCN(C)CC1)NCC.I. The molecule has 0 atom stereocenters. The van der Waals surface area contributed by atoms with Gasteiger partial charge in [-0.3, -0.25) is 4.99 Å². The van der Waals surface area contributed by atoms with Crippen LogP contribution in [-0.2, 0) is 0 Å². The largest absolute Gasteiger partial charge is 0.357 e. The summed E-state index contributed by atoms with van der Waals surface area (Å²) in [5.41, 5.74) is 0. The third-order valence-corrected chi connectivity index (χ3v) is 3.20. The van der Waals surface area contributed by atoms with Crippen LogP contribution in [0.25, 0.3) is 0 Å². The van der Waals surface area contributed by atoms with Gasteiger partial charge in [0.2, 0.25) is 0 Å². The van der Waals surface area contributed by atoms with E-state index in [9.17, 15) is 0 Å². The highest BCUT2D eigenvalue weighted by Crippen LogP contribution is 2.00. The molecule has 1 saturated heterocycles. The Morgan fingerprint density at radius 3 is 2.75 bits per heavy atom. The fourth-order valence-electron chi connectivity index (χ4n) is 2.10. The molecule has 0 aromatic carbocycles. The van der Waals surface area contributed by atoms with Crippen molar-refractivity contribution in [2.24, 2.45) is 4.99 Å². The predicted octanol–water partition coefficient (Wildman–Crippen LogP) is 0.430. The summed E-state index contributed by atoms with van der Waals surface area (Å²) in [4.78, 5) is 9.41. The van der Waals surface area contributed by atoms with Gasteiger partial charge < -0.3 is 20.4 Å². The van der Waals surface area contributed by atoms with Crippen molar-refractivity contribution in [3.63, 3.8) is 0 Å². The van der Waals surface area contributed by atoms with E-state index in [0.717, 1.165) is 38.7 Å². The maximum absolute atomic E-state index is 5.24. The molecule has 1 fully saturated rings. The second kappa shape index (κ2) is 12.2. The van der Waals surface area contributed by atoms with Crippen molar-refractivity contribution in [2.75, 3.05) is 59.4 Å². The Labute approximate surface area is 140 Å². The number of guanidine groups is 1. The molecule has 0 spiro atoms. The van der Waals surface area contributed by atoms with Crippen LogP contribution in [0.5, 0.6) is 0 Å². The quantitative estimate of drug-likeness (QED) is 0.308. The number of likely N-dealkylation sites (N-methyl/N-ethyl adjacent to an activating group) is 1. The molecule has 6 heteroatoms. The summed E-state index contributed by atoms with van der Waals surface area (Å²) in [7, 11) is 2.19. The number of aliphatic imine (C=N–C) groups is 1. The Morgan fingerprint density at radius 2 is 2.05 bits per heavy atom. The van der Waals surface area contributed by atoms with Gasteiger partial charge in [0.05, 0.1) is 13.1 Å². The lowest BCUT2D eigenvalue weighted by atomic mass is 10.4. The average Bonchev–Trinajstić information content (AvgIpc) is 2.61. The summed E-state index contributed by atoms with van der Waals surface area (Å²) < 4.78 is 0. The van der Waals surface area contributed by atoms with E-state index in [4.69, 9.17) is 6.42 Å². The van der Waals surface area contributed by atoms with E-state index in [0.29, 0.717) is 6.54 Å². The fraction of sp³-hybridized carbons (Fsp3) is 0.786. The highest BCUT2D eigenvalue weighted by Gasteiger charge is 2.11. The molecule has 0 aromatic heterocycles. The molecule has 116 valence electrons. The van der Waals surface area contributed by atoms with Crippen LogP contribution in [0.1, 0.15) is 13.3 Å². The first-order chi connectivity index (χ1) is 9.26. The van der Waals surface area contributed by atoms with Gasteiger partial charge >= 0.3 is 0 Å². The molecule has 0 amide bonds. The first-order valence-corrected chi connectivity index (χ1v) is 7.12. The van der Waals surface area contributed by atoms with Gasteiger partial charge in [-0.25, -0.2) is 0 Å². The summed E-state index contributed by atoms with van der Waals surface area (Å²) >= 11 is 0. The number of hydrogen-bond acceptors (Lipinski definition) is 3. The molecular weight excluding hydrogens is 365 g/mol. The Bertz CT molecular complexity index is 313. The lowest BCUT2D eigenvalue weighted by molar-refractivity contribution is 0.283. The zero-order chi connectivity index (χ0) is 13.9. The van der Waals surface area contributed by atoms with Crippen molar-refractivity contribution in [3.05, 3.63) is 0 Å². The number of halogens is 1. The van der Waals surface area contributed by atoms with Crippen LogP contribution >= 0.6 is 24.0 Å². The Balaban J connectivity index is 0.00000361. The molecule has 0 saturated carbocycles. The molecule has 1 aliphatic heterocycles. The topological polar surface area (TPSA) is 42.9 Å². The maximum Gasteiger partial charge on any atom is 0.192 e. The van der Waals surface area contributed by atoms with Gasteiger partial charge in [0.25, 0.3) is 0 Å². The lowest BCUT2D eigenvalue weighted by Gasteiger charge is -2.19. The third kappa shape index (κ3) is 8.61. The van der Waals surface area contributed by atoms with Crippen LogP contribution < -0.4 is 10.6 Å². The van der Waals surface area contributed by atoms with Gasteiger partial charge in [-0.15, -0.1) is 30.4 Å². The highest BCUT2D eigenvalue weighted by molar-refractivity contribution is 14.0. The molecule has 0 aromatic rings. The molecular formula is C14H28IN5. The van der Waals surface area contributed by atoms with Gasteiger partial charge in [0.15, 0.2) is 5.96 Å². The number of terminal acetylenes is 1. The van der Waals surface area contributed by atoms with E-state index in [1.807, 2.05) is 0 Å². The third-order valence-electron chi connectivity index (χ3n) is 3.20. The summed E-state index contributed by atoms with van der Waals surface area (Å²) in [6.07, 6.45) is 6.49. The van der Waals surface area contributed by atoms with E-state index in [1.54, 1.807) is 0 Å². The summed E-state index contributed by atoms with van der Waals surface area (Å²) in [5, 5.41) is 6.29. The molecule has 0 aliphatic carbocycles. The first kappa shape index (κ1) is 19.5.